The molecule has 0 radical (unpaired) electrons. The molecule has 2 aromatic heterocycles. The molecule has 2 aromatic carbocycles. The minimum Gasteiger partial charge on any atom is -0.391 e. The van der Waals surface area contributed by atoms with Gasteiger partial charge in [0.2, 0.25) is 0 Å². The Hall–Kier alpha value is -3.18. The molecule has 8 nitrogen and oxygen atoms in total. The normalized spacial score (nSPS) is 14.7. The number of piperazine rings is 1. The van der Waals surface area contributed by atoms with Gasteiger partial charge in [-0.1, -0.05) is 34.4 Å². The average molecular weight is 604 g/mol. The van der Waals surface area contributed by atoms with E-state index in [1.807, 2.05) is 29.4 Å². The highest BCUT2D eigenvalue weighted by Crippen LogP contribution is 2.29. The van der Waals surface area contributed by atoms with Crippen LogP contribution < -0.4 is 16.1 Å². The Morgan fingerprint density at radius 2 is 1.98 bits per heavy atom. The Morgan fingerprint density at radius 1 is 1.20 bits per heavy atom. The summed E-state index contributed by atoms with van der Waals surface area (Å²) in [6, 6.07) is 8.39. The first kappa shape index (κ1) is 28.4. The summed E-state index contributed by atoms with van der Waals surface area (Å²) < 4.78 is 17.4. The Kier molecular flexibility index (Phi) is 8.60. The predicted octanol–water partition coefficient (Wildman–Crippen LogP) is 5.89. The van der Waals surface area contributed by atoms with E-state index in [1.165, 1.54) is 17.4 Å². The van der Waals surface area contributed by atoms with Crippen LogP contribution in [0.5, 0.6) is 0 Å². The SMILES string of the molecule is CCn1cc(-c2csc(N)n2)c(=O)c2cc(F)c(N3CCN(C/C(C)=N/OCc4ccc(Cl)cc4Cl)CC3)cc21. The Balaban J connectivity index is 1.26. The van der Waals surface area contributed by atoms with Crippen LogP contribution in [0.4, 0.5) is 15.2 Å². The molecule has 0 bridgehead atoms. The van der Waals surface area contributed by atoms with E-state index in [4.69, 9.17) is 33.8 Å². The lowest BCUT2D eigenvalue weighted by Gasteiger charge is -2.36. The van der Waals surface area contributed by atoms with Crippen LogP contribution >= 0.6 is 34.5 Å². The van der Waals surface area contributed by atoms with E-state index in [9.17, 15) is 4.79 Å². The standard InChI is InChI=1S/C28H29Cl2FN6O2S/c1-3-36-14-21(24-16-40-28(32)33-24)27(38)20-11-23(31)26(12-25(20)36)37-8-6-35(7-9-37)13-17(2)34-39-15-18-4-5-19(29)10-22(18)30/h4-5,10-12,14,16H,3,6-9,13,15H2,1-2H3,(H2,32,33)/b34-17+. The molecule has 3 heterocycles. The fourth-order valence-corrected chi connectivity index (χ4v) is 5.87. The summed E-state index contributed by atoms with van der Waals surface area (Å²) in [7, 11) is 0. The minimum absolute atomic E-state index is 0.254. The van der Waals surface area contributed by atoms with Crippen molar-refractivity contribution in [2.45, 2.75) is 27.0 Å². The third-order valence-corrected chi connectivity index (χ3v) is 8.17. The van der Waals surface area contributed by atoms with Gasteiger partial charge in [0, 0.05) is 71.8 Å². The number of hydrogen-bond donors (Lipinski definition) is 1. The second-order valence-electron chi connectivity index (χ2n) is 9.65. The molecular weight excluding hydrogens is 574 g/mol. The topological polar surface area (TPSA) is 89.0 Å². The molecular formula is C28H29Cl2FN6O2S. The van der Waals surface area contributed by atoms with Crippen molar-refractivity contribution in [1.29, 1.82) is 0 Å². The molecule has 1 fully saturated rings. The van der Waals surface area contributed by atoms with Crippen LogP contribution in [0.1, 0.15) is 19.4 Å². The second kappa shape index (κ2) is 12.1. The zero-order valence-corrected chi connectivity index (χ0v) is 24.5. The molecule has 4 aromatic rings. The van der Waals surface area contributed by atoms with Crippen molar-refractivity contribution in [2.24, 2.45) is 5.16 Å². The van der Waals surface area contributed by atoms with Crippen LogP contribution in [0, 0.1) is 5.82 Å². The van der Waals surface area contributed by atoms with Crippen molar-refractivity contribution in [3.63, 3.8) is 0 Å². The van der Waals surface area contributed by atoms with E-state index in [2.05, 4.69) is 15.0 Å². The molecule has 12 heteroatoms. The summed E-state index contributed by atoms with van der Waals surface area (Å²) in [5.74, 6) is -0.414. The number of oxime groups is 1. The number of aromatic nitrogens is 2. The average Bonchev–Trinajstić information content (AvgIpc) is 3.36. The summed E-state index contributed by atoms with van der Waals surface area (Å²) in [4.78, 5) is 27.3. The number of hydrogen-bond acceptors (Lipinski definition) is 8. The number of nitrogen functional groups attached to an aromatic ring is 1. The maximum Gasteiger partial charge on any atom is 0.198 e. The Labute approximate surface area is 245 Å². The van der Waals surface area contributed by atoms with Gasteiger partial charge in [0.15, 0.2) is 10.6 Å². The molecule has 1 aliphatic heterocycles. The van der Waals surface area contributed by atoms with E-state index in [0.717, 1.165) is 24.4 Å². The summed E-state index contributed by atoms with van der Waals surface area (Å²) in [6.07, 6.45) is 1.78. The molecule has 0 unspecified atom stereocenters. The van der Waals surface area contributed by atoms with E-state index in [1.54, 1.807) is 29.8 Å². The number of anilines is 2. The zero-order chi connectivity index (χ0) is 28.4. The Bertz CT molecular complexity index is 1630. The van der Waals surface area contributed by atoms with Gasteiger partial charge in [0.25, 0.3) is 0 Å². The van der Waals surface area contributed by atoms with Crippen molar-refractivity contribution in [3.05, 3.63) is 73.6 Å². The maximum atomic E-state index is 15.4. The van der Waals surface area contributed by atoms with Crippen molar-refractivity contribution in [1.82, 2.24) is 14.5 Å². The molecule has 1 aliphatic rings. The first-order chi connectivity index (χ1) is 19.2. The van der Waals surface area contributed by atoms with Gasteiger partial charge in [-0.2, -0.15) is 0 Å². The van der Waals surface area contributed by atoms with E-state index < -0.39 is 5.82 Å². The highest BCUT2D eigenvalue weighted by molar-refractivity contribution is 7.13. The lowest BCUT2D eigenvalue weighted by Crippen LogP contribution is -2.48. The number of nitrogens with two attached hydrogens (primary N) is 1. The lowest BCUT2D eigenvalue weighted by molar-refractivity contribution is 0.128. The lowest BCUT2D eigenvalue weighted by atomic mass is 10.1. The highest BCUT2D eigenvalue weighted by atomic mass is 35.5. The number of fused-ring (bicyclic) bond motifs is 1. The number of pyridine rings is 1. The molecule has 0 saturated carbocycles. The number of halogens is 3. The van der Waals surface area contributed by atoms with Crippen LogP contribution in [-0.4, -0.2) is 52.9 Å². The monoisotopic (exact) mass is 602 g/mol. The smallest absolute Gasteiger partial charge is 0.198 e. The minimum atomic E-state index is -0.414. The summed E-state index contributed by atoms with van der Waals surface area (Å²) in [6.45, 7) is 8.17. The van der Waals surface area contributed by atoms with Crippen LogP contribution in [0.2, 0.25) is 10.0 Å². The van der Waals surface area contributed by atoms with Gasteiger partial charge in [-0.05, 0) is 38.1 Å². The quantitative estimate of drug-likeness (QED) is 0.200. The number of rotatable bonds is 8. The first-order valence-electron chi connectivity index (χ1n) is 12.9. The van der Waals surface area contributed by atoms with E-state index in [0.29, 0.717) is 69.2 Å². The van der Waals surface area contributed by atoms with Crippen LogP contribution in [0.25, 0.3) is 22.2 Å². The van der Waals surface area contributed by atoms with E-state index in [-0.39, 0.29) is 12.0 Å². The first-order valence-corrected chi connectivity index (χ1v) is 14.5. The Morgan fingerprint density at radius 3 is 2.65 bits per heavy atom. The number of aryl methyl sites for hydroxylation is 1. The van der Waals surface area contributed by atoms with Gasteiger partial charge >= 0.3 is 0 Å². The van der Waals surface area contributed by atoms with Crippen LogP contribution in [0.3, 0.4) is 0 Å². The van der Waals surface area contributed by atoms with Gasteiger partial charge < -0.3 is 20.0 Å². The van der Waals surface area contributed by atoms with Crippen molar-refractivity contribution in [3.8, 4) is 11.3 Å². The molecule has 210 valence electrons. The zero-order valence-electron chi connectivity index (χ0n) is 22.2. The van der Waals surface area contributed by atoms with Crippen molar-refractivity contribution in [2.75, 3.05) is 43.4 Å². The van der Waals surface area contributed by atoms with E-state index >= 15 is 4.39 Å². The number of benzene rings is 2. The summed E-state index contributed by atoms with van der Waals surface area (Å²) >= 11 is 13.4. The molecule has 0 spiro atoms. The largest absolute Gasteiger partial charge is 0.391 e. The van der Waals surface area contributed by atoms with Gasteiger partial charge in [-0.3, -0.25) is 9.69 Å². The van der Waals surface area contributed by atoms with Crippen molar-refractivity contribution >= 4 is 62.0 Å². The summed E-state index contributed by atoms with van der Waals surface area (Å²) in [5, 5.41) is 7.80. The summed E-state index contributed by atoms with van der Waals surface area (Å²) in [5.41, 5.74) is 9.28. The number of thiazole rings is 1. The third kappa shape index (κ3) is 6.10. The molecule has 40 heavy (non-hydrogen) atoms. The molecule has 1 saturated heterocycles. The van der Waals surface area contributed by atoms with Gasteiger partial charge in [-0.25, -0.2) is 9.37 Å². The number of nitrogens with zero attached hydrogens (tertiary/aromatic N) is 5. The molecule has 0 amide bonds. The van der Waals surface area contributed by atoms with Crippen LogP contribution in [0.15, 0.2) is 51.9 Å². The molecule has 0 aliphatic carbocycles. The maximum absolute atomic E-state index is 15.4. The molecule has 2 N–H and O–H groups in total. The van der Waals surface area contributed by atoms with Gasteiger partial charge in [0.05, 0.1) is 28.2 Å². The second-order valence-corrected chi connectivity index (χ2v) is 11.4. The van der Waals surface area contributed by atoms with Crippen molar-refractivity contribution < 1.29 is 9.23 Å². The molecule has 5 rings (SSSR count). The fourth-order valence-electron chi connectivity index (χ4n) is 4.85. The third-order valence-electron chi connectivity index (χ3n) is 6.91. The van der Waals surface area contributed by atoms with Gasteiger partial charge in [0.1, 0.15) is 12.4 Å². The van der Waals surface area contributed by atoms with Gasteiger partial charge in [-0.15, -0.1) is 11.3 Å². The molecule has 0 atom stereocenters. The van der Waals surface area contributed by atoms with Crippen LogP contribution in [-0.2, 0) is 18.0 Å². The predicted molar refractivity (Wildman–Crippen MR) is 162 cm³/mol. The highest BCUT2D eigenvalue weighted by Gasteiger charge is 2.22. The fraction of sp³-hybridized carbons (Fsp3) is 0.321.